The minimum absolute atomic E-state index is 0.0621. The van der Waals surface area contributed by atoms with Gasteiger partial charge in [-0.3, -0.25) is 33.6 Å². The number of Topliss-reactive ketones (excluding diaryl/α,β-unsaturated/α-hetero) is 1. The van der Waals surface area contributed by atoms with Gasteiger partial charge in [-0.25, -0.2) is 0 Å². The molecule has 1 heterocycles. The number of aliphatic hydroxyl groups is 1. The van der Waals surface area contributed by atoms with Crippen LogP contribution in [0.5, 0.6) is 0 Å². The number of nitrogens with one attached hydrogen (secondary N) is 5. The van der Waals surface area contributed by atoms with Crippen LogP contribution in [-0.2, 0) is 28.7 Å². The van der Waals surface area contributed by atoms with Crippen LogP contribution >= 0.6 is 9.39 Å². The van der Waals surface area contributed by atoms with Crippen molar-refractivity contribution in [3.63, 3.8) is 0 Å². The summed E-state index contributed by atoms with van der Waals surface area (Å²) in [5.41, 5.74) is 0.302. The molecule has 2 aliphatic rings. The van der Waals surface area contributed by atoms with E-state index in [4.69, 9.17) is 4.74 Å². The zero-order valence-electron chi connectivity index (χ0n) is 34.0. The van der Waals surface area contributed by atoms with Gasteiger partial charge in [-0.2, -0.15) is 0 Å². The van der Waals surface area contributed by atoms with E-state index in [1.807, 2.05) is 27.7 Å². The Hall–Kier alpha value is -4.72. The molecule has 2 aromatic rings. The number of amides is 6. The molecular weight excluding hydrogens is 763 g/mol. The van der Waals surface area contributed by atoms with E-state index in [2.05, 4.69) is 35.7 Å². The third-order valence-electron chi connectivity index (χ3n) is 10.4. The molecule has 316 valence electrons. The first-order chi connectivity index (χ1) is 27.5. The summed E-state index contributed by atoms with van der Waals surface area (Å²) in [6.45, 7) is 8.31. The lowest BCUT2D eigenvalue weighted by molar-refractivity contribution is -0.142. The SMILES string of the molecule is CCCC(NC(=O)[C@@H]1C[C@@H](OC(C)(C)C)CN1C(=O)[C@@H](NC(=O)c1ccccc1C(C)=O)C1CCCCC1)C(O)C(=O)NCC(=O)N[C@H](C(=O)NP)c1ccccc1. The standard InChI is InChI=1S/C42H59N6O9P/c1-6-15-31(36(51)40(55)43-23-33(50)45-34(39(54)47-58)26-16-9-7-10-17-26)44-38(53)32-22-28(57-42(3,4)5)24-48(32)41(56)35(27-18-11-8-12-19-27)46-37(52)30-21-14-13-20-29(30)25(2)49/h7,9-10,13-14,16-17,20-21,27-28,31-32,34-36,51H,6,8,11-12,15,18-19,22-24,58H2,1-5H3,(H,43,55)(H,44,53)(H,45,50)(H,46,52)(H,47,54)/t28-,31?,32+,34+,35+,36?/m1/s1. The smallest absolute Gasteiger partial charge is 0.252 e. The first-order valence-electron chi connectivity index (χ1n) is 20.0. The number of rotatable bonds is 17. The zero-order chi connectivity index (χ0) is 42.6. The van der Waals surface area contributed by atoms with E-state index in [0.717, 1.165) is 19.3 Å². The van der Waals surface area contributed by atoms with Gasteiger partial charge in [-0.15, -0.1) is 0 Å². The van der Waals surface area contributed by atoms with Gasteiger partial charge in [-0.1, -0.05) is 81.1 Å². The molecule has 2 aromatic carbocycles. The van der Waals surface area contributed by atoms with Crippen LogP contribution in [0, 0.1) is 5.92 Å². The maximum atomic E-state index is 14.7. The Bertz CT molecular complexity index is 1780. The molecule has 0 radical (unpaired) electrons. The van der Waals surface area contributed by atoms with Crippen LogP contribution in [0.1, 0.15) is 118 Å². The second-order valence-electron chi connectivity index (χ2n) is 16.0. The summed E-state index contributed by atoms with van der Waals surface area (Å²) >= 11 is 0. The molecule has 16 heteroatoms. The molecule has 3 unspecified atom stereocenters. The zero-order valence-corrected chi connectivity index (χ0v) is 35.2. The number of hydrogen-bond acceptors (Lipinski definition) is 9. The maximum absolute atomic E-state index is 14.7. The lowest BCUT2D eigenvalue weighted by atomic mass is 9.83. The van der Waals surface area contributed by atoms with Gasteiger partial charge in [-0.05, 0) is 73.9 Å². The normalized spacial score (nSPS) is 19.2. The molecule has 6 amide bonds. The molecule has 0 aromatic heterocycles. The lowest BCUT2D eigenvalue weighted by Crippen LogP contribution is -2.58. The van der Waals surface area contributed by atoms with Crippen LogP contribution in [0.3, 0.4) is 0 Å². The fourth-order valence-electron chi connectivity index (χ4n) is 7.70. The number of carbonyl (C=O) groups excluding carboxylic acids is 7. The van der Waals surface area contributed by atoms with Crippen molar-refractivity contribution < 1.29 is 43.4 Å². The van der Waals surface area contributed by atoms with Crippen molar-refractivity contribution in [3.05, 3.63) is 71.3 Å². The Labute approximate surface area is 342 Å². The summed E-state index contributed by atoms with van der Waals surface area (Å²) in [4.78, 5) is 95.1. The van der Waals surface area contributed by atoms with Crippen molar-refractivity contribution in [2.45, 2.75) is 128 Å². The Morgan fingerprint density at radius 2 is 1.52 bits per heavy atom. The fourth-order valence-corrected chi connectivity index (χ4v) is 7.87. The van der Waals surface area contributed by atoms with E-state index < -0.39 is 84.0 Å². The van der Waals surface area contributed by atoms with Crippen molar-refractivity contribution in [2.24, 2.45) is 5.92 Å². The van der Waals surface area contributed by atoms with Crippen molar-refractivity contribution in [2.75, 3.05) is 13.1 Å². The molecule has 1 saturated carbocycles. The highest BCUT2D eigenvalue weighted by Gasteiger charge is 2.46. The van der Waals surface area contributed by atoms with Crippen LogP contribution < -0.4 is 26.4 Å². The van der Waals surface area contributed by atoms with Crippen molar-refractivity contribution >= 4 is 50.6 Å². The Morgan fingerprint density at radius 3 is 2.12 bits per heavy atom. The Balaban J connectivity index is 1.52. The number of hydrogen-bond donors (Lipinski definition) is 6. The van der Waals surface area contributed by atoms with Crippen LogP contribution in [0.2, 0.25) is 0 Å². The van der Waals surface area contributed by atoms with Gasteiger partial charge >= 0.3 is 0 Å². The van der Waals surface area contributed by atoms with Gasteiger partial charge in [0.05, 0.1) is 29.9 Å². The third kappa shape index (κ3) is 12.6. The van der Waals surface area contributed by atoms with Gasteiger partial charge in [0, 0.05) is 18.5 Å². The average molecular weight is 823 g/mol. The summed E-state index contributed by atoms with van der Waals surface area (Å²) in [7, 11) is 2.08. The fraction of sp³-hybridized carbons (Fsp3) is 0.548. The topological polar surface area (TPSA) is 212 Å². The van der Waals surface area contributed by atoms with E-state index in [1.165, 1.54) is 11.8 Å². The van der Waals surface area contributed by atoms with E-state index in [1.54, 1.807) is 54.6 Å². The molecular formula is C42H59N6O9P. The van der Waals surface area contributed by atoms with E-state index in [-0.39, 0.29) is 42.2 Å². The number of benzene rings is 2. The predicted octanol–water partition coefficient (Wildman–Crippen LogP) is 2.88. The van der Waals surface area contributed by atoms with Gasteiger partial charge in [0.2, 0.25) is 23.6 Å². The quantitative estimate of drug-likeness (QED) is 0.102. The highest BCUT2D eigenvalue weighted by molar-refractivity contribution is 7.15. The highest BCUT2D eigenvalue weighted by Crippen LogP contribution is 2.31. The molecule has 6 N–H and O–H groups in total. The molecule has 4 rings (SSSR count). The summed E-state index contributed by atoms with van der Waals surface area (Å²) in [5, 5.41) is 24.3. The summed E-state index contributed by atoms with van der Waals surface area (Å²) < 4.78 is 6.27. The molecule has 15 nitrogen and oxygen atoms in total. The molecule has 7 atom stereocenters. The molecule has 2 fully saturated rings. The largest absolute Gasteiger partial charge is 0.381 e. The maximum Gasteiger partial charge on any atom is 0.252 e. The molecule has 1 saturated heterocycles. The molecule has 1 aliphatic heterocycles. The average Bonchev–Trinajstić information content (AvgIpc) is 3.63. The Kier molecular flexibility index (Phi) is 16.9. The molecule has 0 spiro atoms. The summed E-state index contributed by atoms with van der Waals surface area (Å²) in [5.74, 6) is -4.23. The number of carbonyl (C=O) groups is 7. The van der Waals surface area contributed by atoms with Gasteiger partial charge in [0.1, 0.15) is 18.1 Å². The number of ketones is 1. The van der Waals surface area contributed by atoms with E-state index in [9.17, 15) is 38.7 Å². The highest BCUT2D eigenvalue weighted by atomic mass is 31.0. The van der Waals surface area contributed by atoms with Crippen LogP contribution in [0.15, 0.2) is 54.6 Å². The summed E-state index contributed by atoms with van der Waals surface area (Å²) in [6, 6.07) is 10.8. The first-order valence-corrected chi connectivity index (χ1v) is 20.6. The number of ether oxygens (including phenoxy) is 1. The van der Waals surface area contributed by atoms with Gasteiger partial charge in [0.15, 0.2) is 11.9 Å². The lowest BCUT2D eigenvalue weighted by Gasteiger charge is -2.35. The van der Waals surface area contributed by atoms with Crippen molar-refractivity contribution in [1.82, 2.24) is 31.3 Å². The van der Waals surface area contributed by atoms with Gasteiger partial charge < -0.3 is 41.1 Å². The van der Waals surface area contributed by atoms with Crippen molar-refractivity contribution in [3.8, 4) is 0 Å². The molecule has 1 aliphatic carbocycles. The van der Waals surface area contributed by atoms with Gasteiger partial charge in [0.25, 0.3) is 11.8 Å². The second-order valence-corrected chi connectivity index (χ2v) is 16.3. The minimum Gasteiger partial charge on any atom is -0.381 e. The van der Waals surface area contributed by atoms with Crippen LogP contribution in [-0.4, -0.2) is 100 Å². The number of likely N-dealkylation sites (tertiary alicyclic amines) is 1. The monoisotopic (exact) mass is 822 g/mol. The second kappa shape index (κ2) is 21.3. The van der Waals surface area contributed by atoms with E-state index in [0.29, 0.717) is 24.8 Å². The van der Waals surface area contributed by atoms with Crippen LogP contribution in [0.4, 0.5) is 0 Å². The summed E-state index contributed by atoms with van der Waals surface area (Å²) in [6.07, 6.45) is 2.60. The van der Waals surface area contributed by atoms with Crippen LogP contribution in [0.25, 0.3) is 0 Å². The molecule has 0 bridgehead atoms. The third-order valence-corrected chi connectivity index (χ3v) is 10.7. The first kappa shape index (κ1) is 46.0. The minimum atomic E-state index is -1.76. The number of nitrogens with zero attached hydrogens (tertiary/aromatic N) is 1. The predicted molar refractivity (Wildman–Crippen MR) is 220 cm³/mol. The van der Waals surface area contributed by atoms with Crippen molar-refractivity contribution in [1.29, 1.82) is 0 Å². The van der Waals surface area contributed by atoms with E-state index >= 15 is 0 Å². The molecule has 58 heavy (non-hydrogen) atoms. The Morgan fingerprint density at radius 1 is 0.879 bits per heavy atom. The number of aliphatic hydroxyl groups excluding tert-OH is 1.